The SMILES string of the molecule is O=C(O)C1CN(C(=O)NC2CC=CC2)c2ccccc2O1. The van der Waals surface area contributed by atoms with Gasteiger partial charge in [0.25, 0.3) is 0 Å². The molecule has 2 aliphatic rings. The van der Waals surface area contributed by atoms with Gasteiger partial charge in [-0.25, -0.2) is 9.59 Å². The number of fused-ring (bicyclic) bond motifs is 1. The van der Waals surface area contributed by atoms with Gasteiger partial charge in [-0.3, -0.25) is 4.90 Å². The molecule has 1 aromatic rings. The summed E-state index contributed by atoms with van der Waals surface area (Å²) in [5.41, 5.74) is 0.596. The molecule has 2 amide bonds. The third kappa shape index (κ3) is 2.69. The number of hydrogen-bond donors (Lipinski definition) is 2. The van der Waals surface area contributed by atoms with Crippen molar-refractivity contribution in [3.8, 4) is 5.75 Å². The Morgan fingerprint density at radius 2 is 1.95 bits per heavy atom. The summed E-state index contributed by atoms with van der Waals surface area (Å²) in [4.78, 5) is 25.0. The predicted octanol–water partition coefficient (Wildman–Crippen LogP) is 1.77. The highest BCUT2D eigenvalue weighted by molar-refractivity contribution is 5.95. The van der Waals surface area contributed by atoms with Gasteiger partial charge in [0.15, 0.2) is 0 Å². The first-order valence-corrected chi connectivity index (χ1v) is 6.86. The van der Waals surface area contributed by atoms with Crippen LogP contribution in [0.25, 0.3) is 0 Å². The van der Waals surface area contributed by atoms with Gasteiger partial charge in [0, 0.05) is 6.04 Å². The molecule has 1 aromatic carbocycles. The van der Waals surface area contributed by atoms with Crippen molar-refractivity contribution in [1.29, 1.82) is 0 Å². The molecular weight excluding hydrogens is 272 g/mol. The van der Waals surface area contributed by atoms with E-state index in [1.807, 2.05) is 12.2 Å². The third-order valence-corrected chi connectivity index (χ3v) is 3.63. The number of carboxylic acid groups (broad SMARTS) is 1. The number of urea groups is 1. The summed E-state index contributed by atoms with van der Waals surface area (Å²) in [6, 6.07) is 6.75. The molecule has 0 radical (unpaired) electrons. The molecule has 0 aromatic heterocycles. The van der Waals surface area contributed by atoms with Crippen LogP contribution >= 0.6 is 0 Å². The molecule has 0 saturated carbocycles. The second-order valence-corrected chi connectivity index (χ2v) is 5.11. The summed E-state index contributed by atoms with van der Waals surface area (Å²) in [6.45, 7) is -0.00166. The van der Waals surface area contributed by atoms with Gasteiger partial charge in [0.1, 0.15) is 5.75 Å². The van der Waals surface area contributed by atoms with E-state index < -0.39 is 12.1 Å². The summed E-state index contributed by atoms with van der Waals surface area (Å²) in [6.07, 6.45) is 4.61. The van der Waals surface area contributed by atoms with E-state index in [0.29, 0.717) is 11.4 Å². The van der Waals surface area contributed by atoms with Crippen LogP contribution in [0.1, 0.15) is 12.8 Å². The Balaban J connectivity index is 1.82. The van der Waals surface area contributed by atoms with Crippen molar-refractivity contribution in [3.63, 3.8) is 0 Å². The summed E-state index contributed by atoms with van der Waals surface area (Å²) < 4.78 is 5.41. The average Bonchev–Trinajstić information content (AvgIpc) is 2.98. The fraction of sp³-hybridized carbons (Fsp3) is 0.333. The van der Waals surface area contributed by atoms with Crippen LogP contribution in [0.5, 0.6) is 5.75 Å². The van der Waals surface area contributed by atoms with Gasteiger partial charge in [0.05, 0.1) is 12.2 Å². The minimum absolute atomic E-state index is 0.00166. The molecule has 0 bridgehead atoms. The number of carboxylic acids is 1. The van der Waals surface area contributed by atoms with Crippen LogP contribution in [0.4, 0.5) is 10.5 Å². The summed E-state index contributed by atoms with van der Waals surface area (Å²) in [5, 5.41) is 12.1. The van der Waals surface area contributed by atoms with Crippen LogP contribution in [-0.4, -0.2) is 35.8 Å². The lowest BCUT2D eigenvalue weighted by Gasteiger charge is -2.33. The second-order valence-electron chi connectivity index (χ2n) is 5.11. The Hall–Kier alpha value is -2.50. The maximum Gasteiger partial charge on any atom is 0.346 e. The first-order chi connectivity index (χ1) is 10.1. The average molecular weight is 288 g/mol. The van der Waals surface area contributed by atoms with Gasteiger partial charge >= 0.3 is 12.0 Å². The Morgan fingerprint density at radius 3 is 2.67 bits per heavy atom. The number of rotatable bonds is 2. The van der Waals surface area contributed by atoms with Gasteiger partial charge in [-0.05, 0) is 25.0 Å². The predicted molar refractivity (Wildman–Crippen MR) is 76.5 cm³/mol. The third-order valence-electron chi connectivity index (χ3n) is 3.63. The van der Waals surface area contributed by atoms with E-state index in [4.69, 9.17) is 9.84 Å². The van der Waals surface area contributed by atoms with Crippen molar-refractivity contribution in [1.82, 2.24) is 5.32 Å². The van der Waals surface area contributed by atoms with Crippen LogP contribution in [0.2, 0.25) is 0 Å². The summed E-state index contributed by atoms with van der Waals surface area (Å²) >= 11 is 0. The van der Waals surface area contributed by atoms with Crippen molar-refractivity contribution in [2.24, 2.45) is 0 Å². The highest BCUT2D eigenvalue weighted by Gasteiger charge is 2.34. The number of amides is 2. The van der Waals surface area contributed by atoms with E-state index in [1.54, 1.807) is 24.3 Å². The molecule has 1 heterocycles. The maximum atomic E-state index is 12.4. The first-order valence-electron chi connectivity index (χ1n) is 6.86. The van der Waals surface area contributed by atoms with Gasteiger partial charge in [0.2, 0.25) is 6.10 Å². The van der Waals surface area contributed by atoms with Crippen molar-refractivity contribution in [2.45, 2.75) is 25.0 Å². The zero-order valence-corrected chi connectivity index (χ0v) is 11.4. The minimum atomic E-state index is -1.08. The fourth-order valence-corrected chi connectivity index (χ4v) is 2.54. The standard InChI is InChI=1S/C15H16N2O4/c18-14(19)13-9-17(11-7-3-4-8-12(11)21-13)15(20)16-10-5-1-2-6-10/h1-4,7-8,10,13H,5-6,9H2,(H,16,20)(H,18,19). The molecule has 110 valence electrons. The molecular formula is C15H16N2O4. The normalized spacial score (nSPS) is 20.8. The number of anilines is 1. The number of carbonyl (C=O) groups is 2. The Labute approximate surface area is 122 Å². The van der Waals surface area contributed by atoms with Gasteiger partial charge < -0.3 is 15.2 Å². The van der Waals surface area contributed by atoms with E-state index in [2.05, 4.69) is 5.32 Å². The highest BCUT2D eigenvalue weighted by atomic mass is 16.5. The number of nitrogens with one attached hydrogen (secondary N) is 1. The van der Waals surface area contributed by atoms with Crippen molar-refractivity contribution < 1.29 is 19.4 Å². The molecule has 0 fully saturated rings. The van der Waals surface area contributed by atoms with Crippen LogP contribution in [-0.2, 0) is 4.79 Å². The smallest absolute Gasteiger partial charge is 0.346 e. The van der Waals surface area contributed by atoms with Gasteiger partial charge in [-0.2, -0.15) is 0 Å². The maximum absolute atomic E-state index is 12.4. The molecule has 1 unspecified atom stereocenters. The van der Waals surface area contributed by atoms with E-state index in [1.165, 1.54) is 4.90 Å². The second kappa shape index (κ2) is 5.47. The molecule has 1 aliphatic carbocycles. The molecule has 1 atom stereocenters. The number of benzene rings is 1. The largest absolute Gasteiger partial charge is 0.478 e. The van der Waals surface area contributed by atoms with Crippen LogP contribution in [0.15, 0.2) is 36.4 Å². The monoisotopic (exact) mass is 288 g/mol. The molecule has 0 spiro atoms. The number of ether oxygens (including phenoxy) is 1. The molecule has 3 rings (SSSR count). The Morgan fingerprint density at radius 1 is 1.24 bits per heavy atom. The first kappa shape index (κ1) is 13.5. The fourth-order valence-electron chi connectivity index (χ4n) is 2.54. The lowest BCUT2D eigenvalue weighted by atomic mass is 10.2. The van der Waals surface area contributed by atoms with Crippen LogP contribution < -0.4 is 15.0 Å². The molecule has 1 aliphatic heterocycles. The number of para-hydroxylation sites is 2. The lowest BCUT2D eigenvalue weighted by Crippen LogP contribution is -2.52. The highest BCUT2D eigenvalue weighted by Crippen LogP contribution is 2.33. The van der Waals surface area contributed by atoms with Crippen molar-refractivity contribution in [2.75, 3.05) is 11.4 Å². The quantitative estimate of drug-likeness (QED) is 0.813. The molecule has 6 heteroatoms. The van der Waals surface area contributed by atoms with Crippen LogP contribution in [0.3, 0.4) is 0 Å². The van der Waals surface area contributed by atoms with E-state index in [-0.39, 0.29) is 18.6 Å². The Bertz CT molecular complexity index is 591. The summed E-state index contributed by atoms with van der Waals surface area (Å²) in [5.74, 6) is -0.666. The molecule has 0 saturated heterocycles. The number of nitrogens with zero attached hydrogens (tertiary/aromatic N) is 1. The number of carbonyl (C=O) groups excluding carboxylic acids is 1. The number of hydrogen-bond acceptors (Lipinski definition) is 3. The van der Waals surface area contributed by atoms with Gasteiger partial charge in [-0.1, -0.05) is 24.3 Å². The minimum Gasteiger partial charge on any atom is -0.478 e. The van der Waals surface area contributed by atoms with Crippen LogP contribution in [0, 0.1) is 0 Å². The molecule has 21 heavy (non-hydrogen) atoms. The Kier molecular flexibility index (Phi) is 3.51. The van der Waals surface area contributed by atoms with Crippen molar-refractivity contribution in [3.05, 3.63) is 36.4 Å². The van der Waals surface area contributed by atoms with E-state index >= 15 is 0 Å². The van der Waals surface area contributed by atoms with Crippen molar-refractivity contribution >= 4 is 17.7 Å². The van der Waals surface area contributed by atoms with E-state index in [9.17, 15) is 9.59 Å². The van der Waals surface area contributed by atoms with Gasteiger partial charge in [-0.15, -0.1) is 0 Å². The molecule has 6 nitrogen and oxygen atoms in total. The summed E-state index contributed by atoms with van der Waals surface area (Å²) in [7, 11) is 0. The molecule has 2 N–H and O–H groups in total. The topological polar surface area (TPSA) is 78.9 Å². The number of aliphatic carboxylic acids is 1. The van der Waals surface area contributed by atoms with E-state index in [0.717, 1.165) is 12.8 Å². The zero-order chi connectivity index (χ0) is 14.8. The lowest BCUT2D eigenvalue weighted by molar-refractivity contribution is -0.144. The zero-order valence-electron chi connectivity index (χ0n) is 11.4.